The van der Waals surface area contributed by atoms with E-state index in [-0.39, 0.29) is 0 Å². The predicted octanol–water partition coefficient (Wildman–Crippen LogP) is 1.04. The number of amides is 1. The minimum Gasteiger partial charge on any atom is -0.318 e. The number of nitriles is 1. The number of benzene rings is 1. The first-order chi connectivity index (χ1) is 5.36. The summed E-state index contributed by atoms with van der Waals surface area (Å²) in [4.78, 5) is 9.85. The van der Waals surface area contributed by atoms with E-state index >= 15 is 0 Å². The van der Waals surface area contributed by atoms with Gasteiger partial charge in [-0.15, -0.1) is 0 Å². The van der Waals surface area contributed by atoms with Crippen molar-refractivity contribution >= 4 is 12.1 Å². The third-order valence-electron chi connectivity index (χ3n) is 1.19. The number of hydrogen-bond acceptors (Lipinski definition) is 2. The van der Waals surface area contributed by atoms with Gasteiger partial charge in [0.2, 0.25) is 0 Å². The van der Waals surface area contributed by atoms with Crippen LogP contribution in [0.25, 0.3) is 0 Å². The monoisotopic (exact) mass is 145 g/mol. The summed E-state index contributed by atoms with van der Waals surface area (Å²) in [5.41, 5.74) is 1.10. The van der Waals surface area contributed by atoms with Crippen molar-refractivity contribution in [1.29, 1.82) is 5.26 Å². The number of hydrogen-bond donors (Lipinski definition) is 1. The molecule has 0 heterocycles. The van der Waals surface area contributed by atoms with Crippen LogP contribution in [0.15, 0.2) is 24.3 Å². The van der Waals surface area contributed by atoms with Crippen LogP contribution < -0.4 is 5.32 Å². The van der Waals surface area contributed by atoms with Crippen molar-refractivity contribution in [3.05, 3.63) is 29.8 Å². The summed E-state index contributed by atoms with van der Waals surface area (Å²) in [6.07, 6.45) is 1.53. The minimum absolute atomic E-state index is 0.519. The smallest absolute Gasteiger partial charge is 0.314 e. The van der Waals surface area contributed by atoms with Crippen LogP contribution in [0.3, 0.4) is 0 Å². The quantitative estimate of drug-likeness (QED) is 0.632. The molecule has 0 atom stereocenters. The molecular formula is C8H5N2O. The predicted molar refractivity (Wildman–Crippen MR) is 40.5 cm³/mol. The molecule has 0 spiro atoms. The molecule has 0 saturated heterocycles. The maximum Gasteiger partial charge on any atom is 0.314 e. The van der Waals surface area contributed by atoms with Crippen molar-refractivity contribution < 1.29 is 4.79 Å². The van der Waals surface area contributed by atoms with Gasteiger partial charge < -0.3 is 5.32 Å². The molecule has 0 bridgehead atoms. The largest absolute Gasteiger partial charge is 0.318 e. The van der Waals surface area contributed by atoms with Crippen LogP contribution in [0.4, 0.5) is 5.69 Å². The van der Waals surface area contributed by atoms with Crippen LogP contribution in [-0.4, -0.2) is 6.41 Å². The molecule has 1 rings (SSSR count). The van der Waals surface area contributed by atoms with Crippen molar-refractivity contribution in [1.82, 2.24) is 0 Å². The number of carbonyl (C=O) groups excluding carboxylic acids is 1. The Labute approximate surface area is 64.3 Å². The Hall–Kier alpha value is -1.82. The molecule has 0 aliphatic heterocycles. The highest BCUT2D eigenvalue weighted by Gasteiger charge is 1.91. The fourth-order valence-corrected chi connectivity index (χ4v) is 0.725. The van der Waals surface area contributed by atoms with E-state index in [0.29, 0.717) is 11.3 Å². The van der Waals surface area contributed by atoms with Crippen LogP contribution in [0.1, 0.15) is 5.56 Å². The van der Waals surface area contributed by atoms with Crippen molar-refractivity contribution in [2.24, 2.45) is 0 Å². The fourth-order valence-electron chi connectivity index (χ4n) is 0.725. The Morgan fingerprint density at radius 3 is 2.91 bits per heavy atom. The van der Waals surface area contributed by atoms with Gasteiger partial charge in [-0.2, -0.15) is 5.26 Å². The molecule has 0 aliphatic carbocycles. The van der Waals surface area contributed by atoms with E-state index in [4.69, 9.17) is 5.26 Å². The van der Waals surface area contributed by atoms with Gasteiger partial charge in [-0.05, 0) is 18.2 Å². The highest BCUT2D eigenvalue weighted by Crippen LogP contribution is 2.07. The molecule has 3 nitrogen and oxygen atoms in total. The van der Waals surface area contributed by atoms with Crippen LogP contribution in [0, 0.1) is 11.3 Å². The van der Waals surface area contributed by atoms with Crippen molar-refractivity contribution in [3.63, 3.8) is 0 Å². The lowest BCUT2D eigenvalue weighted by Crippen LogP contribution is -1.92. The van der Waals surface area contributed by atoms with E-state index in [1.165, 1.54) is 6.41 Å². The summed E-state index contributed by atoms with van der Waals surface area (Å²) in [6.45, 7) is 0. The SMILES string of the molecule is N#Cc1cccc(N[C]=O)c1. The summed E-state index contributed by atoms with van der Waals surface area (Å²) in [5.74, 6) is 0. The molecule has 0 aromatic heterocycles. The van der Waals surface area contributed by atoms with Crippen molar-refractivity contribution in [2.75, 3.05) is 5.32 Å². The second-order valence-corrected chi connectivity index (χ2v) is 1.92. The van der Waals surface area contributed by atoms with Crippen LogP contribution >= 0.6 is 0 Å². The zero-order chi connectivity index (χ0) is 8.10. The Bertz CT molecular complexity index is 301. The summed E-state index contributed by atoms with van der Waals surface area (Å²) >= 11 is 0. The van der Waals surface area contributed by atoms with E-state index < -0.39 is 0 Å². The second kappa shape index (κ2) is 3.37. The van der Waals surface area contributed by atoms with Gasteiger partial charge in [0.15, 0.2) is 0 Å². The summed E-state index contributed by atoms with van der Waals surface area (Å²) in [5, 5.41) is 10.8. The maximum absolute atomic E-state index is 9.85. The van der Waals surface area contributed by atoms with Gasteiger partial charge in [0.1, 0.15) is 0 Å². The molecule has 1 aromatic carbocycles. The number of nitrogens with one attached hydrogen (secondary N) is 1. The molecule has 0 unspecified atom stereocenters. The summed E-state index contributed by atoms with van der Waals surface area (Å²) < 4.78 is 0. The van der Waals surface area contributed by atoms with Gasteiger partial charge in [-0.3, -0.25) is 4.79 Å². The molecule has 1 N–H and O–H groups in total. The number of rotatable bonds is 2. The second-order valence-electron chi connectivity index (χ2n) is 1.92. The minimum atomic E-state index is 0.519. The van der Waals surface area contributed by atoms with Crippen LogP contribution in [-0.2, 0) is 4.79 Å². The lowest BCUT2D eigenvalue weighted by Gasteiger charge is -1.95. The van der Waals surface area contributed by atoms with Crippen LogP contribution in [0.5, 0.6) is 0 Å². The van der Waals surface area contributed by atoms with Gasteiger partial charge in [0, 0.05) is 5.69 Å². The Balaban J connectivity index is 2.93. The normalized spacial score (nSPS) is 8.27. The van der Waals surface area contributed by atoms with Gasteiger partial charge in [0.25, 0.3) is 0 Å². The lowest BCUT2D eigenvalue weighted by molar-refractivity contribution is 0.561. The molecular weight excluding hydrogens is 140 g/mol. The van der Waals surface area contributed by atoms with Gasteiger partial charge in [-0.1, -0.05) is 6.07 Å². The third-order valence-corrected chi connectivity index (χ3v) is 1.19. The van der Waals surface area contributed by atoms with E-state index in [0.717, 1.165) is 0 Å². The standard InChI is InChI=1S/C8H5N2O/c9-5-7-2-1-3-8(4-7)10-6-11/h1-4H,(H,10,11). The zero-order valence-corrected chi connectivity index (χ0v) is 5.66. The molecule has 0 saturated carbocycles. The average molecular weight is 145 g/mol. The molecule has 1 amide bonds. The van der Waals surface area contributed by atoms with Gasteiger partial charge in [-0.25, -0.2) is 0 Å². The highest BCUT2D eigenvalue weighted by atomic mass is 16.1. The molecule has 0 fully saturated rings. The highest BCUT2D eigenvalue weighted by molar-refractivity contribution is 5.72. The zero-order valence-electron chi connectivity index (χ0n) is 5.66. The number of nitrogens with zero attached hydrogens (tertiary/aromatic N) is 1. The molecule has 53 valence electrons. The van der Waals surface area contributed by atoms with Gasteiger partial charge in [0.05, 0.1) is 11.6 Å². The first kappa shape index (κ1) is 7.29. The van der Waals surface area contributed by atoms with E-state index in [9.17, 15) is 4.79 Å². The average Bonchev–Trinajstić information content (AvgIpc) is 2.06. The van der Waals surface area contributed by atoms with Crippen molar-refractivity contribution in [3.8, 4) is 6.07 Å². The lowest BCUT2D eigenvalue weighted by atomic mass is 10.2. The van der Waals surface area contributed by atoms with Crippen molar-refractivity contribution in [2.45, 2.75) is 0 Å². The topological polar surface area (TPSA) is 52.9 Å². The third kappa shape index (κ3) is 1.80. The number of anilines is 1. The molecule has 3 heteroatoms. The van der Waals surface area contributed by atoms with E-state index in [2.05, 4.69) is 5.32 Å². The van der Waals surface area contributed by atoms with E-state index in [1.54, 1.807) is 24.3 Å². The molecule has 11 heavy (non-hydrogen) atoms. The fraction of sp³-hybridized carbons (Fsp3) is 0. The first-order valence-electron chi connectivity index (χ1n) is 3.00. The summed E-state index contributed by atoms with van der Waals surface area (Å²) in [7, 11) is 0. The molecule has 1 aromatic rings. The first-order valence-corrected chi connectivity index (χ1v) is 3.00. The van der Waals surface area contributed by atoms with E-state index in [1.807, 2.05) is 6.07 Å². The maximum atomic E-state index is 9.85. The Morgan fingerprint density at radius 1 is 1.45 bits per heavy atom. The van der Waals surface area contributed by atoms with Crippen LogP contribution in [0.2, 0.25) is 0 Å². The Kier molecular flexibility index (Phi) is 2.24. The molecule has 0 aliphatic rings. The summed E-state index contributed by atoms with van der Waals surface area (Å²) in [6, 6.07) is 8.57. The molecule has 1 radical (unpaired) electrons. The van der Waals surface area contributed by atoms with Gasteiger partial charge >= 0.3 is 6.41 Å². The Morgan fingerprint density at radius 2 is 2.27 bits per heavy atom.